The molecule has 0 radical (unpaired) electrons. The van der Waals surface area contributed by atoms with Gasteiger partial charge >= 0.3 is 5.97 Å². The number of hydrogen-bond donors (Lipinski definition) is 3. The fourth-order valence-corrected chi connectivity index (χ4v) is 1.22. The molecule has 0 bridgehead atoms. The summed E-state index contributed by atoms with van der Waals surface area (Å²) in [6.07, 6.45) is 0.264. The molecule has 0 aromatic carbocycles. The highest BCUT2D eigenvalue weighted by Crippen LogP contribution is 2.04. The van der Waals surface area contributed by atoms with E-state index in [0.29, 0.717) is 23.9 Å². The fourth-order valence-electron chi connectivity index (χ4n) is 1.22. The molecule has 0 fully saturated rings. The highest BCUT2D eigenvalue weighted by molar-refractivity contribution is 5.72. The Bertz CT molecular complexity index is 189. The van der Waals surface area contributed by atoms with Crippen LogP contribution in [0.25, 0.3) is 0 Å². The minimum atomic E-state index is -1.01. The van der Waals surface area contributed by atoms with E-state index in [4.69, 9.17) is 10.8 Å². The van der Waals surface area contributed by atoms with Crippen molar-refractivity contribution < 1.29 is 19.5 Å². The van der Waals surface area contributed by atoms with Gasteiger partial charge in [-0.25, -0.2) is 0 Å². The predicted molar refractivity (Wildman–Crippen MR) is 53.8 cm³/mol. The number of carboxylic acid groups (broad SMARTS) is 1. The summed E-state index contributed by atoms with van der Waals surface area (Å²) in [5.74, 6) is -1.01. The maximum absolute atomic E-state index is 10.4. The summed E-state index contributed by atoms with van der Waals surface area (Å²) in [7, 11) is 5.92. The summed E-state index contributed by atoms with van der Waals surface area (Å²) in [6, 6.07) is -0.864. The molecule has 4 N–H and O–H groups in total. The molecule has 0 rings (SSSR count). The number of aliphatic carboxylic acids is 1. The van der Waals surface area contributed by atoms with Gasteiger partial charge in [0.2, 0.25) is 0 Å². The van der Waals surface area contributed by atoms with E-state index >= 15 is 0 Å². The van der Waals surface area contributed by atoms with Crippen LogP contribution in [0, 0.1) is 0 Å². The maximum Gasteiger partial charge on any atom is 0.320 e. The third kappa shape index (κ3) is 6.82. The highest BCUT2D eigenvalue weighted by Gasteiger charge is 2.18. The minimum absolute atomic E-state index is 0.316. The summed E-state index contributed by atoms with van der Waals surface area (Å²) in [4.78, 5) is 10.4. The van der Waals surface area contributed by atoms with E-state index in [-0.39, 0.29) is 0 Å². The maximum atomic E-state index is 10.4. The molecule has 0 amide bonds. The summed E-state index contributed by atoms with van der Waals surface area (Å²) in [5.41, 5.74) is 5.31. The van der Waals surface area contributed by atoms with E-state index in [9.17, 15) is 9.90 Å². The Morgan fingerprint density at radius 2 is 1.86 bits per heavy atom. The molecule has 0 saturated heterocycles. The lowest BCUT2D eigenvalue weighted by molar-refractivity contribution is -0.873. The van der Waals surface area contributed by atoms with Crippen LogP contribution < -0.4 is 5.73 Å². The number of nitrogens with zero attached hydrogens (tertiary/aromatic N) is 1. The Kier molecular flexibility index (Phi) is 5.04. The van der Waals surface area contributed by atoms with Gasteiger partial charge in [0.25, 0.3) is 0 Å². The second kappa shape index (κ2) is 5.29. The third-order valence-electron chi connectivity index (χ3n) is 1.89. The van der Waals surface area contributed by atoms with Gasteiger partial charge < -0.3 is 20.4 Å². The Morgan fingerprint density at radius 1 is 1.36 bits per heavy atom. The molecule has 5 nitrogen and oxygen atoms in total. The van der Waals surface area contributed by atoms with Gasteiger partial charge in [-0.2, -0.15) is 0 Å². The largest absolute Gasteiger partial charge is 0.480 e. The van der Waals surface area contributed by atoms with Crippen molar-refractivity contribution in [1.29, 1.82) is 0 Å². The molecule has 0 aromatic rings. The second-order valence-corrected chi connectivity index (χ2v) is 4.65. The van der Waals surface area contributed by atoms with Crippen LogP contribution in [0.15, 0.2) is 0 Å². The third-order valence-corrected chi connectivity index (χ3v) is 1.89. The van der Waals surface area contributed by atoms with Crippen molar-refractivity contribution in [3.05, 3.63) is 0 Å². The van der Waals surface area contributed by atoms with Crippen LogP contribution in [-0.4, -0.2) is 60.5 Å². The average Bonchev–Trinajstić information content (AvgIpc) is 1.96. The number of aliphatic hydroxyl groups excluding tert-OH is 1. The number of hydrogen-bond acceptors (Lipinski definition) is 3. The lowest BCUT2D eigenvalue weighted by Gasteiger charge is -2.26. The fraction of sp³-hybridized carbons (Fsp3) is 0.889. The van der Waals surface area contributed by atoms with E-state index in [1.807, 2.05) is 21.1 Å². The minimum Gasteiger partial charge on any atom is -0.480 e. The zero-order valence-corrected chi connectivity index (χ0v) is 9.10. The monoisotopic (exact) mass is 205 g/mol. The van der Waals surface area contributed by atoms with Crippen molar-refractivity contribution in [3.8, 4) is 0 Å². The van der Waals surface area contributed by atoms with Crippen molar-refractivity contribution in [2.75, 3.05) is 27.7 Å². The molecule has 84 valence electrons. The van der Waals surface area contributed by atoms with E-state index in [1.165, 1.54) is 0 Å². The highest BCUT2D eigenvalue weighted by atomic mass is 16.4. The first-order valence-electron chi connectivity index (χ1n) is 4.69. The Balaban J connectivity index is 3.74. The topological polar surface area (TPSA) is 83.5 Å². The van der Waals surface area contributed by atoms with E-state index in [2.05, 4.69) is 0 Å². The first-order valence-corrected chi connectivity index (χ1v) is 4.69. The standard InChI is InChI=1S/C9H20N2O3/c1-11(2,3)6-7(12)4-5-8(10)9(13)14/h7-8,12H,4-6,10H2,1-3H3/p+1. The van der Waals surface area contributed by atoms with Gasteiger partial charge in [0.1, 0.15) is 18.7 Å². The zero-order chi connectivity index (χ0) is 11.4. The van der Waals surface area contributed by atoms with E-state index < -0.39 is 18.1 Å². The smallest absolute Gasteiger partial charge is 0.320 e. The molecule has 0 aliphatic heterocycles. The number of aliphatic hydroxyl groups is 1. The van der Waals surface area contributed by atoms with Gasteiger partial charge in [0.05, 0.1) is 21.1 Å². The molecule has 14 heavy (non-hydrogen) atoms. The molecule has 0 aromatic heterocycles. The zero-order valence-electron chi connectivity index (χ0n) is 9.10. The normalized spacial score (nSPS) is 16.4. The molecular formula is C9H21N2O3+. The average molecular weight is 205 g/mol. The molecule has 0 aliphatic rings. The van der Waals surface area contributed by atoms with Gasteiger partial charge in [-0.05, 0) is 12.8 Å². The molecule has 2 unspecified atom stereocenters. The predicted octanol–water partition coefficient (Wildman–Crippen LogP) is -0.754. The van der Waals surface area contributed by atoms with Crippen LogP contribution in [0.2, 0.25) is 0 Å². The second-order valence-electron chi connectivity index (χ2n) is 4.65. The lowest BCUT2D eigenvalue weighted by atomic mass is 10.1. The van der Waals surface area contributed by atoms with Crippen LogP contribution in [0.5, 0.6) is 0 Å². The van der Waals surface area contributed by atoms with Crippen molar-refractivity contribution in [3.63, 3.8) is 0 Å². The Morgan fingerprint density at radius 3 is 2.21 bits per heavy atom. The quantitative estimate of drug-likeness (QED) is 0.498. The summed E-state index contributed by atoms with van der Waals surface area (Å²) < 4.78 is 0.656. The summed E-state index contributed by atoms with van der Waals surface area (Å²) in [6.45, 7) is 0.604. The number of carboxylic acids is 1. The Labute approximate surface area is 84.7 Å². The van der Waals surface area contributed by atoms with Crippen LogP contribution in [0.1, 0.15) is 12.8 Å². The summed E-state index contributed by atoms with van der Waals surface area (Å²) in [5, 5.41) is 18.1. The van der Waals surface area contributed by atoms with E-state index in [0.717, 1.165) is 0 Å². The molecule has 5 heteroatoms. The first-order chi connectivity index (χ1) is 6.22. The van der Waals surface area contributed by atoms with Crippen molar-refractivity contribution in [1.82, 2.24) is 0 Å². The summed E-state index contributed by atoms with van der Waals surface area (Å²) >= 11 is 0. The van der Waals surface area contributed by atoms with Gasteiger partial charge in [0.15, 0.2) is 0 Å². The van der Waals surface area contributed by atoms with E-state index in [1.54, 1.807) is 0 Å². The van der Waals surface area contributed by atoms with Crippen LogP contribution in [-0.2, 0) is 4.79 Å². The molecule has 0 heterocycles. The molecule has 0 aliphatic carbocycles. The Hall–Kier alpha value is -0.650. The van der Waals surface area contributed by atoms with Gasteiger partial charge in [-0.3, -0.25) is 4.79 Å². The number of nitrogens with two attached hydrogens (primary N) is 1. The van der Waals surface area contributed by atoms with Crippen molar-refractivity contribution in [2.24, 2.45) is 5.73 Å². The molecule has 0 spiro atoms. The van der Waals surface area contributed by atoms with Crippen LogP contribution in [0.3, 0.4) is 0 Å². The van der Waals surface area contributed by atoms with Gasteiger partial charge in [0, 0.05) is 0 Å². The first kappa shape index (κ1) is 13.4. The van der Waals surface area contributed by atoms with Gasteiger partial charge in [-0.15, -0.1) is 0 Å². The number of likely N-dealkylation sites (N-methyl/N-ethyl adjacent to an activating group) is 1. The van der Waals surface area contributed by atoms with Crippen molar-refractivity contribution in [2.45, 2.75) is 25.0 Å². The number of rotatable bonds is 6. The molecular weight excluding hydrogens is 184 g/mol. The SMILES string of the molecule is C[N+](C)(C)CC(O)CCC(N)C(=O)O. The van der Waals surface area contributed by atoms with Crippen LogP contribution in [0.4, 0.5) is 0 Å². The molecule has 0 saturated carbocycles. The van der Waals surface area contributed by atoms with Crippen molar-refractivity contribution >= 4 is 5.97 Å². The number of carbonyl (C=O) groups is 1. The lowest BCUT2D eigenvalue weighted by Crippen LogP contribution is -2.42. The van der Waals surface area contributed by atoms with Gasteiger partial charge in [-0.1, -0.05) is 0 Å². The van der Waals surface area contributed by atoms with Crippen LogP contribution >= 0.6 is 0 Å². The number of quaternary nitrogens is 1. The molecule has 2 atom stereocenters.